The first kappa shape index (κ1) is 22.4. The molecule has 0 fully saturated rings. The Morgan fingerprint density at radius 1 is 1.14 bits per heavy atom. The summed E-state index contributed by atoms with van der Waals surface area (Å²) in [6.07, 6.45) is 0.693. The maximum Gasteiger partial charge on any atom is 0.316 e. The number of rotatable bonds is 7. The second kappa shape index (κ2) is 10.0. The number of aromatic amines is 1. The topological polar surface area (TPSA) is 101 Å². The zero-order valence-corrected chi connectivity index (χ0v) is 17.1. The molecule has 3 rings (SSSR count). The minimum absolute atomic E-state index is 0. The number of nitrogens with two attached hydrogens (primary N) is 1. The van der Waals surface area contributed by atoms with Gasteiger partial charge in [0.1, 0.15) is 0 Å². The Kier molecular flexibility index (Phi) is 7.75. The molecule has 0 spiro atoms. The Balaban J connectivity index is 0.00000300. The normalized spacial score (nSPS) is 10.6. The smallest absolute Gasteiger partial charge is 0.316 e. The molecule has 0 aliphatic heterocycles. The number of amides is 1. The largest absolute Gasteiger partial charge is 0.334 e. The van der Waals surface area contributed by atoms with E-state index in [1.807, 2.05) is 30.3 Å². The van der Waals surface area contributed by atoms with Gasteiger partial charge in [0, 0.05) is 25.2 Å². The van der Waals surface area contributed by atoms with Crippen LogP contribution in [0.2, 0.25) is 0 Å². The van der Waals surface area contributed by atoms with Gasteiger partial charge < -0.3 is 20.2 Å². The second-order valence-electron chi connectivity index (χ2n) is 6.59. The number of aromatic nitrogens is 2. The van der Waals surface area contributed by atoms with Crippen LogP contribution in [0.3, 0.4) is 0 Å². The molecule has 0 saturated heterocycles. The van der Waals surface area contributed by atoms with E-state index >= 15 is 0 Å². The summed E-state index contributed by atoms with van der Waals surface area (Å²) >= 11 is 0. The van der Waals surface area contributed by atoms with E-state index in [0.717, 1.165) is 5.56 Å². The average Bonchev–Trinajstić information content (AvgIpc) is 2.72. The predicted octanol–water partition coefficient (Wildman–Crippen LogP) is 2.12. The van der Waals surface area contributed by atoms with E-state index in [2.05, 4.69) is 4.98 Å². The van der Waals surface area contributed by atoms with Crippen LogP contribution in [0.4, 0.5) is 0 Å². The molecule has 29 heavy (non-hydrogen) atoms. The molecule has 3 N–H and O–H groups in total. The SMILES string of the molecule is CCn1c(=O)c(=O)[nH]c2cc(C(=O)N(CCCN)Cc3ccccc3)ccc21.Cl. The summed E-state index contributed by atoms with van der Waals surface area (Å²) in [4.78, 5) is 41.4. The third kappa shape index (κ3) is 4.93. The van der Waals surface area contributed by atoms with Gasteiger partial charge in [-0.3, -0.25) is 14.4 Å². The molecule has 154 valence electrons. The molecule has 0 aliphatic carbocycles. The number of H-pyrrole nitrogens is 1. The molecule has 3 aromatic rings. The summed E-state index contributed by atoms with van der Waals surface area (Å²) in [6, 6.07) is 14.8. The van der Waals surface area contributed by atoms with Crippen LogP contribution in [-0.4, -0.2) is 33.4 Å². The molecule has 0 unspecified atom stereocenters. The molecule has 0 aliphatic rings. The number of carbonyl (C=O) groups is 1. The first-order chi connectivity index (χ1) is 13.5. The summed E-state index contributed by atoms with van der Waals surface area (Å²) in [5, 5.41) is 0. The zero-order valence-electron chi connectivity index (χ0n) is 16.3. The number of benzene rings is 2. The van der Waals surface area contributed by atoms with Crippen molar-refractivity contribution >= 4 is 29.3 Å². The van der Waals surface area contributed by atoms with Gasteiger partial charge in [0.05, 0.1) is 11.0 Å². The van der Waals surface area contributed by atoms with E-state index in [4.69, 9.17) is 5.73 Å². The monoisotopic (exact) mass is 416 g/mol. The third-order valence-electron chi connectivity index (χ3n) is 4.67. The van der Waals surface area contributed by atoms with Crippen molar-refractivity contribution in [1.29, 1.82) is 0 Å². The van der Waals surface area contributed by atoms with Crippen molar-refractivity contribution in [2.75, 3.05) is 13.1 Å². The molecule has 7 nitrogen and oxygen atoms in total. The van der Waals surface area contributed by atoms with Crippen LogP contribution in [-0.2, 0) is 13.1 Å². The lowest BCUT2D eigenvalue weighted by Crippen LogP contribution is -2.36. The Labute approximate surface area is 174 Å². The van der Waals surface area contributed by atoms with E-state index in [0.29, 0.717) is 49.2 Å². The highest BCUT2D eigenvalue weighted by Crippen LogP contribution is 2.15. The number of nitrogens with zero attached hydrogens (tertiary/aromatic N) is 2. The van der Waals surface area contributed by atoms with Crippen LogP contribution < -0.4 is 16.9 Å². The van der Waals surface area contributed by atoms with Crippen LogP contribution in [0.1, 0.15) is 29.3 Å². The molecule has 2 aromatic carbocycles. The highest BCUT2D eigenvalue weighted by molar-refractivity contribution is 5.97. The van der Waals surface area contributed by atoms with E-state index in [1.54, 1.807) is 30.0 Å². The number of hydrogen-bond donors (Lipinski definition) is 2. The zero-order chi connectivity index (χ0) is 20.1. The number of hydrogen-bond acceptors (Lipinski definition) is 4. The molecule has 0 bridgehead atoms. The Hall–Kier alpha value is -2.90. The van der Waals surface area contributed by atoms with Gasteiger partial charge >= 0.3 is 11.1 Å². The van der Waals surface area contributed by atoms with Gasteiger partial charge in [0.15, 0.2) is 0 Å². The molecule has 0 saturated carbocycles. The van der Waals surface area contributed by atoms with Crippen molar-refractivity contribution in [1.82, 2.24) is 14.5 Å². The fourth-order valence-electron chi connectivity index (χ4n) is 3.25. The lowest BCUT2D eigenvalue weighted by molar-refractivity contribution is 0.0742. The number of halogens is 1. The van der Waals surface area contributed by atoms with Gasteiger partial charge in [-0.2, -0.15) is 0 Å². The van der Waals surface area contributed by atoms with E-state index in [1.165, 1.54) is 4.57 Å². The second-order valence-corrected chi connectivity index (χ2v) is 6.59. The summed E-state index contributed by atoms with van der Waals surface area (Å²) in [5.41, 5.74) is 6.90. The molecule has 0 radical (unpaired) electrons. The van der Waals surface area contributed by atoms with Crippen LogP contribution in [0, 0.1) is 0 Å². The molecule has 1 amide bonds. The Morgan fingerprint density at radius 3 is 2.52 bits per heavy atom. The lowest BCUT2D eigenvalue weighted by atomic mass is 10.1. The summed E-state index contributed by atoms with van der Waals surface area (Å²) in [7, 11) is 0. The van der Waals surface area contributed by atoms with Crippen LogP contribution >= 0.6 is 12.4 Å². The quantitative estimate of drug-likeness (QED) is 0.576. The number of fused-ring (bicyclic) bond motifs is 1. The van der Waals surface area contributed by atoms with Crippen molar-refractivity contribution in [2.24, 2.45) is 5.73 Å². The molecule has 0 atom stereocenters. The van der Waals surface area contributed by atoms with Gasteiger partial charge in [-0.25, -0.2) is 0 Å². The highest BCUT2D eigenvalue weighted by Gasteiger charge is 2.17. The van der Waals surface area contributed by atoms with Gasteiger partial charge in [0.2, 0.25) is 0 Å². The van der Waals surface area contributed by atoms with Gasteiger partial charge in [-0.1, -0.05) is 30.3 Å². The van der Waals surface area contributed by atoms with Gasteiger partial charge in [0.25, 0.3) is 5.91 Å². The van der Waals surface area contributed by atoms with Crippen molar-refractivity contribution < 1.29 is 4.79 Å². The number of carbonyl (C=O) groups excluding carboxylic acids is 1. The predicted molar refractivity (Wildman–Crippen MR) is 117 cm³/mol. The summed E-state index contributed by atoms with van der Waals surface area (Å²) in [5.74, 6) is -0.144. The minimum Gasteiger partial charge on any atom is -0.334 e. The first-order valence-corrected chi connectivity index (χ1v) is 9.35. The maximum atomic E-state index is 13.1. The maximum absolute atomic E-state index is 13.1. The standard InChI is InChI=1S/C21H24N4O3.ClH/c1-2-25-18-10-9-16(13-17(18)23-19(26)21(25)28)20(27)24(12-6-11-22)14-15-7-4-3-5-8-15;/h3-5,7-10,13H,2,6,11-12,14,22H2,1H3,(H,23,26);1H. The highest BCUT2D eigenvalue weighted by atomic mass is 35.5. The van der Waals surface area contributed by atoms with Crippen LogP contribution in [0.25, 0.3) is 11.0 Å². The Bertz CT molecular complexity index is 1090. The van der Waals surface area contributed by atoms with Crippen LogP contribution in [0.5, 0.6) is 0 Å². The summed E-state index contributed by atoms with van der Waals surface area (Å²) < 4.78 is 1.40. The average molecular weight is 417 g/mol. The number of nitrogens with one attached hydrogen (secondary N) is 1. The van der Waals surface area contributed by atoms with Crippen LogP contribution in [0.15, 0.2) is 58.1 Å². The van der Waals surface area contributed by atoms with Gasteiger partial charge in [-0.15, -0.1) is 12.4 Å². The fourth-order valence-corrected chi connectivity index (χ4v) is 3.25. The third-order valence-corrected chi connectivity index (χ3v) is 4.67. The fraction of sp³-hybridized carbons (Fsp3) is 0.286. The van der Waals surface area contributed by atoms with Crippen molar-refractivity contribution in [3.63, 3.8) is 0 Å². The van der Waals surface area contributed by atoms with Crippen molar-refractivity contribution in [3.05, 3.63) is 80.4 Å². The van der Waals surface area contributed by atoms with E-state index in [9.17, 15) is 14.4 Å². The molecule has 1 heterocycles. The molecular formula is C21H25ClN4O3. The minimum atomic E-state index is -0.691. The Morgan fingerprint density at radius 2 is 1.86 bits per heavy atom. The van der Waals surface area contributed by atoms with E-state index in [-0.39, 0.29) is 18.3 Å². The molecule has 8 heteroatoms. The first-order valence-electron chi connectivity index (χ1n) is 9.35. The molecular weight excluding hydrogens is 392 g/mol. The molecule has 1 aromatic heterocycles. The number of aryl methyl sites for hydroxylation is 1. The van der Waals surface area contributed by atoms with Gasteiger partial charge in [-0.05, 0) is 43.7 Å². The van der Waals surface area contributed by atoms with Crippen molar-refractivity contribution in [3.8, 4) is 0 Å². The summed E-state index contributed by atoms with van der Waals surface area (Å²) in [6.45, 7) is 3.68. The van der Waals surface area contributed by atoms with E-state index < -0.39 is 11.1 Å². The lowest BCUT2D eigenvalue weighted by Gasteiger charge is -2.23. The van der Waals surface area contributed by atoms with Crippen molar-refractivity contribution in [2.45, 2.75) is 26.4 Å².